The molecule has 2 N–H and O–H groups in total. The van der Waals surface area contributed by atoms with Gasteiger partial charge in [0.2, 0.25) is 5.91 Å². The van der Waals surface area contributed by atoms with Gasteiger partial charge in [0, 0.05) is 30.0 Å². The molecule has 122 valence electrons. The fourth-order valence-electron chi connectivity index (χ4n) is 2.17. The van der Waals surface area contributed by atoms with E-state index in [1.54, 1.807) is 12.1 Å². The fraction of sp³-hybridized carbons (Fsp3) is 0.125. The SMILES string of the molecule is O=C(/C=C/c1ccc([N+](=O)[O-])s1)NCCc1nc2ccccc2[nH]1. The molecule has 0 aliphatic carbocycles. The summed E-state index contributed by atoms with van der Waals surface area (Å²) in [5, 5.41) is 13.4. The summed E-state index contributed by atoms with van der Waals surface area (Å²) in [7, 11) is 0. The normalized spacial score (nSPS) is 11.2. The number of aromatic nitrogens is 2. The van der Waals surface area contributed by atoms with Crippen molar-refractivity contribution in [3.8, 4) is 0 Å². The number of hydrogen-bond donors (Lipinski definition) is 2. The first kappa shape index (κ1) is 15.9. The average Bonchev–Trinajstić information content (AvgIpc) is 3.19. The van der Waals surface area contributed by atoms with E-state index >= 15 is 0 Å². The zero-order valence-electron chi connectivity index (χ0n) is 12.6. The second kappa shape index (κ2) is 7.05. The van der Waals surface area contributed by atoms with Crippen LogP contribution >= 0.6 is 11.3 Å². The van der Waals surface area contributed by atoms with Crippen molar-refractivity contribution in [3.63, 3.8) is 0 Å². The minimum absolute atomic E-state index is 0.0555. The topological polar surface area (TPSA) is 101 Å². The molecule has 24 heavy (non-hydrogen) atoms. The number of imidazole rings is 1. The Bertz CT molecular complexity index is 880. The maximum absolute atomic E-state index is 11.8. The molecule has 0 aliphatic heterocycles. The van der Waals surface area contributed by atoms with Crippen LogP contribution in [0.25, 0.3) is 17.1 Å². The van der Waals surface area contributed by atoms with Gasteiger partial charge in [0.25, 0.3) is 0 Å². The van der Waals surface area contributed by atoms with Crippen LogP contribution in [0.3, 0.4) is 0 Å². The summed E-state index contributed by atoms with van der Waals surface area (Å²) in [6.07, 6.45) is 3.53. The van der Waals surface area contributed by atoms with Crippen molar-refractivity contribution < 1.29 is 9.72 Å². The molecule has 2 aromatic heterocycles. The number of aromatic amines is 1. The van der Waals surface area contributed by atoms with Crippen molar-refractivity contribution in [2.45, 2.75) is 6.42 Å². The lowest BCUT2D eigenvalue weighted by molar-refractivity contribution is -0.380. The molecule has 3 aromatic rings. The average molecular weight is 342 g/mol. The Kier molecular flexibility index (Phi) is 4.66. The number of hydrogen-bond acceptors (Lipinski definition) is 5. The van der Waals surface area contributed by atoms with Crippen molar-refractivity contribution in [1.29, 1.82) is 0 Å². The maximum atomic E-state index is 11.8. The third-order valence-corrected chi connectivity index (χ3v) is 4.29. The van der Waals surface area contributed by atoms with Crippen molar-refractivity contribution >= 4 is 39.4 Å². The molecule has 0 bridgehead atoms. The van der Waals surface area contributed by atoms with Gasteiger partial charge in [0.15, 0.2) is 0 Å². The van der Waals surface area contributed by atoms with Gasteiger partial charge in [-0.15, -0.1) is 0 Å². The molecule has 3 rings (SSSR count). The molecule has 0 radical (unpaired) electrons. The van der Waals surface area contributed by atoms with Crippen LogP contribution in [0.1, 0.15) is 10.7 Å². The Morgan fingerprint density at radius 1 is 1.33 bits per heavy atom. The summed E-state index contributed by atoms with van der Waals surface area (Å²) in [6, 6.07) is 10.8. The lowest BCUT2D eigenvalue weighted by Crippen LogP contribution is -2.23. The molecule has 8 heteroatoms. The first-order valence-corrected chi connectivity index (χ1v) is 8.07. The first-order chi connectivity index (χ1) is 11.6. The van der Waals surface area contributed by atoms with E-state index in [9.17, 15) is 14.9 Å². The highest BCUT2D eigenvalue weighted by Crippen LogP contribution is 2.24. The summed E-state index contributed by atoms with van der Waals surface area (Å²) in [5.74, 6) is 0.566. The lowest BCUT2D eigenvalue weighted by atomic mass is 10.3. The van der Waals surface area contributed by atoms with Crippen LogP contribution in [-0.4, -0.2) is 27.3 Å². The largest absolute Gasteiger partial charge is 0.352 e. The number of fused-ring (bicyclic) bond motifs is 1. The molecule has 0 aliphatic rings. The second-order valence-electron chi connectivity index (χ2n) is 5.01. The van der Waals surface area contributed by atoms with Gasteiger partial charge < -0.3 is 10.3 Å². The zero-order chi connectivity index (χ0) is 16.9. The number of nitro groups is 1. The van der Waals surface area contributed by atoms with Gasteiger partial charge in [0.1, 0.15) is 5.82 Å². The smallest absolute Gasteiger partial charge is 0.324 e. The molecule has 0 spiro atoms. The molecule has 2 heterocycles. The third-order valence-electron chi connectivity index (χ3n) is 3.29. The minimum Gasteiger partial charge on any atom is -0.352 e. The number of thiophene rings is 1. The van der Waals surface area contributed by atoms with Gasteiger partial charge in [-0.25, -0.2) is 4.98 Å². The first-order valence-electron chi connectivity index (χ1n) is 7.25. The number of nitrogens with zero attached hydrogens (tertiary/aromatic N) is 2. The molecule has 0 fully saturated rings. The van der Waals surface area contributed by atoms with Gasteiger partial charge in [-0.2, -0.15) is 0 Å². The third kappa shape index (κ3) is 3.85. The predicted molar refractivity (Wildman–Crippen MR) is 92.8 cm³/mol. The molecular weight excluding hydrogens is 328 g/mol. The quantitative estimate of drug-likeness (QED) is 0.408. The van der Waals surface area contributed by atoms with E-state index in [0.29, 0.717) is 17.8 Å². The van der Waals surface area contributed by atoms with E-state index in [0.717, 1.165) is 28.2 Å². The number of carbonyl (C=O) groups is 1. The van der Waals surface area contributed by atoms with Crippen molar-refractivity contribution in [2.75, 3.05) is 6.54 Å². The number of carbonyl (C=O) groups excluding carboxylic acids is 1. The fourth-order valence-corrected chi connectivity index (χ4v) is 2.90. The van der Waals surface area contributed by atoms with Crippen LogP contribution in [0.5, 0.6) is 0 Å². The Morgan fingerprint density at radius 2 is 2.17 bits per heavy atom. The number of benzene rings is 1. The van der Waals surface area contributed by atoms with Crippen LogP contribution in [0.2, 0.25) is 0 Å². The van der Waals surface area contributed by atoms with Crippen LogP contribution in [0, 0.1) is 10.1 Å². The van der Waals surface area contributed by atoms with Crippen molar-refractivity contribution in [1.82, 2.24) is 15.3 Å². The summed E-state index contributed by atoms with van der Waals surface area (Å²) >= 11 is 1.03. The van der Waals surface area contributed by atoms with Gasteiger partial charge in [-0.3, -0.25) is 14.9 Å². The Balaban J connectivity index is 1.49. The summed E-state index contributed by atoms with van der Waals surface area (Å²) in [5.41, 5.74) is 1.87. The monoisotopic (exact) mass is 342 g/mol. The summed E-state index contributed by atoms with van der Waals surface area (Å²) in [4.78, 5) is 30.2. The van der Waals surface area contributed by atoms with Gasteiger partial charge >= 0.3 is 5.00 Å². The highest BCUT2D eigenvalue weighted by Gasteiger charge is 2.08. The molecule has 0 saturated carbocycles. The van der Waals surface area contributed by atoms with Crippen molar-refractivity contribution in [2.24, 2.45) is 0 Å². The Morgan fingerprint density at radius 3 is 2.92 bits per heavy atom. The zero-order valence-corrected chi connectivity index (χ0v) is 13.4. The highest BCUT2D eigenvalue weighted by molar-refractivity contribution is 7.16. The Hall–Kier alpha value is -3.00. The molecule has 1 aromatic carbocycles. The molecule has 0 unspecified atom stereocenters. The van der Waals surface area contributed by atoms with E-state index in [2.05, 4.69) is 15.3 Å². The lowest BCUT2D eigenvalue weighted by Gasteiger charge is -1.99. The molecule has 0 saturated heterocycles. The number of amides is 1. The molecule has 0 atom stereocenters. The minimum atomic E-state index is -0.449. The highest BCUT2D eigenvalue weighted by atomic mass is 32.1. The number of nitrogens with one attached hydrogen (secondary N) is 2. The van der Waals surface area contributed by atoms with Gasteiger partial charge in [0.05, 0.1) is 16.0 Å². The van der Waals surface area contributed by atoms with Crippen molar-refractivity contribution in [3.05, 3.63) is 63.3 Å². The van der Waals surface area contributed by atoms with E-state index in [1.807, 2.05) is 24.3 Å². The predicted octanol–water partition coefficient (Wildman–Crippen LogP) is 2.90. The van der Waals surface area contributed by atoms with E-state index in [4.69, 9.17) is 0 Å². The van der Waals surface area contributed by atoms with E-state index in [-0.39, 0.29) is 10.9 Å². The van der Waals surface area contributed by atoms with Crippen LogP contribution in [0.15, 0.2) is 42.5 Å². The van der Waals surface area contributed by atoms with E-state index < -0.39 is 4.92 Å². The van der Waals surface area contributed by atoms with Crippen LogP contribution in [-0.2, 0) is 11.2 Å². The molecular formula is C16H14N4O3S. The summed E-state index contributed by atoms with van der Waals surface area (Å²) in [6.45, 7) is 0.452. The van der Waals surface area contributed by atoms with Gasteiger partial charge in [-0.1, -0.05) is 23.5 Å². The van der Waals surface area contributed by atoms with Crippen LogP contribution < -0.4 is 5.32 Å². The second-order valence-corrected chi connectivity index (χ2v) is 6.10. The van der Waals surface area contributed by atoms with E-state index in [1.165, 1.54) is 12.1 Å². The standard InChI is InChI=1S/C16H14N4O3S/c21-15(7-5-11-6-8-16(24-11)20(22)23)17-10-9-14-18-12-3-1-2-4-13(12)19-14/h1-8H,9-10H2,(H,17,21)(H,18,19)/b7-5+. The number of para-hydroxylation sites is 2. The molecule has 7 nitrogen and oxygen atoms in total. The summed E-state index contributed by atoms with van der Waals surface area (Å²) < 4.78 is 0. The van der Waals surface area contributed by atoms with Crippen LogP contribution in [0.4, 0.5) is 5.00 Å². The molecule has 1 amide bonds. The maximum Gasteiger partial charge on any atom is 0.324 e. The number of rotatable bonds is 6. The number of H-pyrrole nitrogens is 1. The Labute approximate surface area is 141 Å². The van der Waals surface area contributed by atoms with Gasteiger partial charge in [-0.05, 0) is 24.3 Å².